The van der Waals surface area contributed by atoms with E-state index in [1.165, 1.54) is 41.4 Å². The van der Waals surface area contributed by atoms with Crippen LogP contribution in [0.15, 0.2) is 24.3 Å². The van der Waals surface area contributed by atoms with Crippen molar-refractivity contribution < 1.29 is 0 Å². The first kappa shape index (κ1) is 14.8. The summed E-state index contributed by atoms with van der Waals surface area (Å²) in [4.78, 5) is 0. The molecule has 20 heavy (non-hydrogen) atoms. The van der Waals surface area contributed by atoms with Crippen molar-refractivity contribution in [3.8, 4) is 0 Å². The Labute approximate surface area is 137 Å². The fourth-order valence-corrected chi connectivity index (χ4v) is 4.38. The van der Waals surface area contributed by atoms with Crippen LogP contribution in [0.4, 0.5) is 0 Å². The maximum Gasteiger partial charge on any atom is 0.0130 e. The first-order chi connectivity index (χ1) is 9.56. The Morgan fingerprint density at radius 3 is 2.45 bits per heavy atom. The molecule has 2 saturated carbocycles. The number of fused-ring (bicyclic) bond motifs is 1. The molecular weight excluding hydrogens is 357 g/mol. The summed E-state index contributed by atoms with van der Waals surface area (Å²) in [5, 5.41) is 3.74. The standard InChI is InChI=1S/C18H26IN/c1-13(2)11-20-12-18(9-15-7-16(15)10-18)8-14-3-5-17(19)6-4-14/h3-6,13,15-16,20H,7-12H2,1-2H3. The molecule has 2 unspecified atom stereocenters. The summed E-state index contributed by atoms with van der Waals surface area (Å²) in [7, 11) is 0. The number of nitrogens with one attached hydrogen (secondary N) is 1. The quantitative estimate of drug-likeness (QED) is 0.714. The maximum atomic E-state index is 3.74. The maximum absolute atomic E-state index is 3.74. The Morgan fingerprint density at radius 1 is 1.20 bits per heavy atom. The molecule has 110 valence electrons. The van der Waals surface area contributed by atoms with Gasteiger partial charge < -0.3 is 5.32 Å². The van der Waals surface area contributed by atoms with Crippen molar-refractivity contribution in [3.05, 3.63) is 33.4 Å². The van der Waals surface area contributed by atoms with Crippen molar-refractivity contribution in [3.63, 3.8) is 0 Å². The fourth-order valence-electron chi connectivity index (χ4n) is 4.02. The summed E-state index contributed by atoms with van der Waals surface area (Å²) >= 11 is 2.39. The molecule has 0 aliphatic heterocycles. The van der Waals surface area contributed by atoms with Gasteiger partial charge in [-0.05, 0) is 95.7 Å². The van der Waals surface area contributed by atoms with Crippen LogP contribution < -0.4 is 5.32 Å². The molecule has 1 aromatic carbocycles. The molecule has 3 rings (SSSR count). The highest BCUT2D eigenvalue weighted by molar-refractivity contribution is 14.1. The molecule has 0 spiro atoms. The van der Waals surface area contributed by atoms with E-state index < -0.39 is 0 Å². The molecule has 1 N–H and O–H groups in total. The minimum atomic E-state index is 0.537. The third kappa shape index (κ3) is 3.56. The van der Waals surface area contributed by atoms with Crippen LogP contribution in [0.5, 0.6) is 0 Å². The fraction of sp³-hybridized carbons (Fsp3) is 0.667. The summed E-state index contributed by atoms with van der Waals surface area (Å²) in [6, 6.07) is 9.16. The minimum Gasteiger partial charge on any atom is -0.316 e. The van der Waals surface area contributed by atoms with Gasteiger partial charge >= 0.3 is 0 Å². The third-order valence-electron chi connectivity index (χ3n) is 5.00. The second-order valence-electron chi connectivity index (χ2n) is 7.49. The topological polar surface area (TPSA) is 12.0 Å². The van der Waals surface area contributed by atoms with Gasteiger partial charge in [0.15, 0.2) is 0 Å². The molecule has 2 aliphatic rings. The number of rotatable bonds is 6. The average Bonchev–Trinajstić information content (AvgIpc) is 3.00. The summed E-state index contributed by atoms with van der Waals surface area (Å²) in [5.41, 5.74) is 2.06. The van der Waals surface area contributed by atoms with Crippen LogP contribution in [0.3, 0.4) is 0 Å². The Kier molecular flexibility index (Phi) is 4.42. The van der Waals surface area contributed by atoms with E-state index in [9.17, 15) is 0 Å². The summed E-state index contributed by atoms with van der Waals surface area (Å²) in [5.74, 6) is 2.86. The predicted molar refractivity (Wildman–Crippen MR) is 93.8 cm³/mol. The predicted octanol–water partition coefficient (Wildman–Crippen LogP) is 4.50. The molecule has 0 aromatic heterocycles. The minimum absolute atomic E-state index is 0.537. The van der Waals surface area contributed by atoms with Gasteiger partial charge in [-0.25, -0.2) is 0 Å². The highest BCUT2D eigenvalue weighted by Gasteiger charge is 2.53. The highest BCUT2D eigenvalue weighted by Crippen LogP contribution is 2.60. The Hall–Kier alpha value is -0.0900. The van der Waals surface area contributed by atoms with Crippen molar-refractivity contribution in [2.75, 3.05) is 13.1 Å². The van der Waals surface area contributed by atoms with Crippen molar-refractivity contribution in [1.82, 2.24) is 5.32 Å². The first-order valence-corrected chi connectivity index (χ1v) is 9.09. The van der Waals surface area contributed by atoms with Crippen LogP contribution in [0.2, 0.25) is 0 Å². The molecule has 1 aromatic rings. The molecule has 0 bridgehead atoms. The van der Waals surface area contributed by atoms with E-state index in [1.54, 1.807) is 0 Å². The van der Waals surface area contributed by atoms with Gasteiger partial charge in [-0.1, -0.05) is 26.0 Å². The van der Waals surface area contributed by atoms with Crippen molar-refractivity contribution >= 4 is 22.6 Å². The molecule has 2 aliphatic carbocycles. The first-order valence-electron chi connectivity index (χ1n) is 8.01. The van der Waals surface area contributed by atoms with Crippen LogP contribution in [0, 0.1) is 26.7 Å². The van der Waals surface area contributed by atoms with Gasteiger partial charge in [0.1, 0.15) is 0 Å². The van der Waals surface area contributed by atoms with Crippen molar-refractivity contribution in [1.29, 1.82) is 0 Å². The summed E-state index contributed by atoms with van der Waals surface area (Å²) < 4.78 is 1.34. The number of halogens is 1. The van der Waals surface area contributed by atoms with Crippen LogP contribution in [-0.2, 0) is 6.42 Å². The third-order valence-corrected chi connectivity index (χ3v) is 5.72. The lowest BCUT2D eigenvalue weighted by Crippen LogP contribution is -2.36. The molecule has 1 nitrogen and oxygen atoms in total. The van der Waals surface area contributed by atoms with E-state index >= 15 is 0 Å². The van der Waals surface area contributed by atoms with Gasteiger partial charge in [0.25, 0.3) is 0 Å². The molecule has 0 heterocycles. The zero-order valence-electron chi connectivity index (χ0n) is 12.7. The Balaban J connectivity index is 1.65. The molecule has 2 fully saturated rings. The lowest BCUT2D eigenvalue weighted by atomic mass is 9.77. The lowest BCUT2D eigenvalue weighted by Gasteiger charge is -2.32. The van der Waals surface area contributed by atoms with Gasteiger partial charge in [0.05, 0.1) is 0 Å². The van der Waals surface area contributed by atoms with E-state index in [0.717, 1.165) is 24.3 Å². The number of benzene rings is 1. The van der Waals surface area contributed by atoms with Crippen molar-refractivity contribution in [2.45, 2.75) is 39.5 Å². The molecule has 2 atom stereocenters. The number of hydrogen-bond donors (Lipinski definition) is 1. The zero-order chi connectivity index (χ0) is 14.2. The van der Waals surface area contributed by atoms with E-state index in [-0.39, 0.29) is 0 Å². The smallest absolute Gasteiger partial charge is 0.0130 e. The second kappa shape index (κ2) is 5.96. The summed E-state index contributed by atoms with van der Waals surface area (Å²) in [6.07, 6.45) is 5.68. The van der Waals surface area contributed by atoms with Crippen LogP contribution in [0.25, 0.3) is 0 Å². The monoisotopic (exact) mass is 383 g/mol. The Morgan fingerprint density at radius 2 is 1.85 bits per heavy atom. The van der Waals surface area contributed by atoms with Gasteiger partial charge in [-0.2, -0.15) is 0 Å². The van der Waals surface area contributed by atoms with Gasteiger partial charge in [0, 0.05) is 10.1 Å². The van der Waals surface area contributed by atoms with Crippen molar-refractivity contribution in [2.24, 2.45) is 23.2 Å². The van der Waals surface area contributed by atoms with Gasteiger partial charge in [-0.3, -0.25) is 0 Å². The molecule has 0 amide bonds. The SMILES string of the molecule is CC(C)CNCC1(Cc2ccc(I)cc2)CC2CC2C1. The van der Waals surface area contributed by atoms with Gasteiger partial charge in [0.2, 0.25) is 0 Å². The molecular formula is C18H26IN. The Bertz CT molecular complexity index is 441. The average molecular weight is 383 g/mol. The lowest BCUT2D eigenvalue weighted by molar-refractivity contribution is 0.245. The van der Waals surface area contributed by atoms with Crippen LogP contribution in [-0.4, -0.2) is 13.1 Å². The van der Waals surface area contributed by atoms with E-state index in [4.69, 9.17) is 0 Å². The molecule has 0 radical (unpaired) electrons. The van der Waals surface area contributed by atoms with E-state index in [0.29, 0.717) is 5.41 Å². The summed E-state index contributed by atoms with van der Waals surface area (Å²) in [6.45, 7) is 6.96. The largest absolute Gasteiger partial charge is 0.316 e. The van der Waals surface area contributed by atoms with Crippen LogP contribution in [0.1, 0.15) is 38.7 Å². The van der Waals surface area contributed by atoms with Gasteiger partial charge in [-0.15, -0.1) is 0 Å². The molecule has 0 saturated heterocycles. The van der Waals surface area contributed by atoms with E-state index in [2.05, 4.69) is 66.0 Å². The normalized spacial score (nSPS) is 31.6. The zero-order valence-corrected chi connectivity index (χ0v) is 14.8. The van der Waals surface area contributed by atoms with E-state index in [1.807, 2.05) is 0 Å². The number of hydrogen-bond acceptors (Lipinski definition) is 1. The molecule has 2 heteroatoms. The van der Waals surface area contributed by atoms with Crippen LogP contribution >= 0.6 is 22.6 Å². The highest BCUT2D eigenvalue weighted by atomic mass is 127. The second-order valence-corrected chi connectivity index (χ2v) is 8.74.